The van der Waals surface area contributed by atoms with Crippen LogP contribution in [0.5, 0.6) is 0 Å². The van der Waals surface area contributed by atoms with E-state index in [-0.39, 0.29) is 12.5 Å². The molecular formula is C22H26N4O3S2. The first-order chi connectivity index (χ1) is 14.7. The summed E-state index contributed by atoms with van der Waals surface area (Å²) in [7, 11) is -3.34. The third-order valence-electron chi connectivity index (χ3n) is 5.82. The summed E-state index contributed by atoms with van der Waals surface area (Å²) < 4.78 is 26.5. The molecule has 1 aromatic carbocycles. The Kier molecular flexibility index (Phi) is 6.09. The first-order valence-corrected chi connectivity index (χ1v) is 12.9. The van der Waals surface area contributed by atoms with Gasteiger partial charge in [-0.05, 0) is 56.0 Å². The van der Waals surface area contributed by atoms with Crippen molar-refractivity contribution in [1.82, 2.24) is 14.3 Å². The second kappa shape index (κ2) is 8.64. The number of hydrogen-bond acceptors (Lipinski definition) is 6. The van der Waals surface area contributed by atoms with E-state index >= 15 is 0 Å². The Morgan fingerprint density at radius 3 is 2.77 bits per heavy atom. The number of fused-ring (bicyclic) bond motifs is 1. The van der Waals surface area contributed by atoms with Crippen LogP contribution >= 0.6 is 11.3 Å². The third kappa shape index (κ3) is 4.63. The molecule has 9 heteroatoms. The summed E-state index contributed by atoms with van der Waals surface area (Å²) >= 11 is 1.48. The molecule has 0 radical (unpaired) electrons. The molecule has 1 atom stereocenters. The van der Waals surface area contributed by atoms with Crippen LogP contribution in [0.1, 0.15) is 29.7 Å². The standard InChI is InChI=1S/C22H26N4O3S2/c1-15-9-10-19-20(16(15)2)24-22(30-19)26(14-18-8-4-5-11-23-18)21(27)17-7-6-12-25(13-17)31(3,28)29/h4-5,8-11,17H,6-7,12-14H2,1-3H3. The summed E-state index contributed by atoms with van der Waals surface area (Å²) in [5.41, 5.74) is 3.92. The summed E-state index contributed by atoms with van der Waals surface area (Å²) in [5.74, 6) is -0.505. The number of thiazole rings is 1. The SMILES string of the molecule is Cc1ccc2sc(N(Cc3ccccn3)C(=O)C3CCCN(S(C)(=O)=O)C3)nc2c1C. The zero-order valence-corrected chi connectivity index (χ0v) is 19.5. The fourth-order valence-corrected chi connectivity index (χ4v) is 5.83. The van der Waals surface area contributed by atoms with Gasteiger partial charge < -0.3 is 0 Å². The zero-order valence-electron chi connectivity index (χ0n) is 17.9. The Morgan fingerprint density at radius 2 is 2.06 bits per heavy atom. The molecule has 0 N–H and O–H groups in total. The molecule has 7 nitrogen and oxygen atoms in total. The number of pyridine rings is 1. The van der Waals surface area contributed by atoms with Crippen molar-refractivity contribution in [3.05, 3.63) is 53.3 Å². The highest BCUT2D eigenvalue weighted by atomic mass is 32.2. The maximum atomic E-state index is 13.6. The minimum Gasteiger partial charge on any atom is -0.282 e. The molecule has 3 heterocycles. The Balaban J connectivity index is 1.71. The van der Waals surface area contributed by atoms with Gasteiger partial charge in [-0.1, -0.05) is 23.5 Å². The fraction of sp³-hybridized carbons (Fsp3) is 0.409. The average molecular weight is 459 g/mol. The quantitative estimate of drug-likeness (QED) is 0.584. The van der Waals surface area contributed by atoms with Crippen molar-refractivity contribution in [2.45, 2.75) is 33.2 Å². The van der Waals surface area contributed by atoms with Gasteiger partial charge >= 0.3 is 0 Å². The molecule has 0 spiro atoms. The molecule has 0 aliphatic carbocycles. The summed E-state index contributed by atoms with van der Waals surface area (Å²) in [6.07, 6.45) is 4.23. The second-order valence-electron chi connectivity index (χ2n) is 8.06. The van der Waals surface area contributed by atoms with Crippen LogP contribution < -0.4 is 4.90 Å². The number of sulfonamides is 1. The zero-order chi connectivity index (χ0) is 22.2. The highest BCUT2D eigenvalue weighted by Gasteiger charge is 2.34. The lowest BCUT2D eigenvalue weighted by Gasteiger charge is -2.32. The van der Waals surface area contributed by atoms with E-state index < -0.39 is 15.9 Å². The van der Waals surface area contributed by atoms with Gasteiger partial charge in [0.2, 0.25) is 15.9 Å². The van der Waals surface area contributed by atoms with Crippen LogP contribution in [0.25, 0.3) is 10.2 Å². The summed E-state index contributed by atoms with van der Waals surface area (Å²) in [5, 5.41) is 0.621. The highest BCUT2D eigenvalue weighted by Crippen LogP contribution is 2.34. The Hall–Kier alpha value is -2.36. The first kappa shape index (κ1) is 21.9. The van der Waals surface area contributed by atoms with Crippen LogP contribution in [0.3, 0.4) is 0 Å². The van der Waals surface area contributed by atoms with Crippen LogP contribution in [0.15, 0.2) is 36.5 Å². The van der Waals surface area contributed by atoms with Crippen molar-refractivity contribution >= 4 is 42.6 Å². The largest absolute Gasteiger partial charge is 0.282 e. The van der Waals surface area contributed by atoms with Crippen LogP contribution in [0.2, 0.25) is 0 Å². The van der Waals surface area contributed by atoms with E-state index in [0.29, 0.717) is 31.1 Å². The van der Waals surface area contributed by atoms with Crippen LogP contribution in [-0.4, -0.2) is 47.9 Å². The van der Waals surface area contributed by atoms with Gasteiger partial charge in [-0.2, -0.15) is 0 Å². The summed E-state index contributed by atoms with van der Waals surface area (Å²) in [6.45, 7) is 5.05. The third-order valence-corrected chi connectivity index (χ3v) is 8.13. The van der Waals surface area contributed by atoms with Gasteiger partial charge in [0.15, 0.2) is 5.13 Å². The predicted octanol–water partition coefficient (Wildman–Crippen LogP) is 3.51. The number of hydrogen-bond donors (Lipinski definition) is 0. The number of amides is 1. The average Bonchev–Trinajstić information content (AvgIpc) is 3.19. The molecule has 1 unspecified atom stereocenters. The molecule has 1 amide bonds. The number of anilines is 1. The number of nitrogens with zero attached hydrogens (tertiary/aromatic N) is 4. The maximum Gasteiger partial charge on any atom is 0.233 e. The molecule has 31 heavy (non-hydrogen) atoms. The molecular weight excluding hydrogens is 432 g/mol. The van der Waals surface area contributed by atoms with Crippen molar-refractivity contribution in [3.8, 4) is 0 Å². The van der Waals surface area contributed by atoms with Crippen LogP contribution in [0, 0.1) is 19.8 Å². The molecule has 1 saturated heterocycles. The van der Waals surface area contributed by atoms with Crippen molar-refractivity contribution in [1.29, 1.82) is 0 Å². The monoisotopic (exact) mass is 458 g/mol. The van der Waals surface area contributed by atoms with E-state index in [1.807, 2.05) is 38.1 Å². The van der Waals surface area contributed by atoms with Crippen molar-refractivity contribution in [2.75, 3.05) is 24.2 Å². The lowest BCUT2D eigenvalue weighted by Crippen LogP contribution is -2.46. The van der Waals surface area contributed by atoms with Gasteiger partial charge in [0.1, 0.15) is 0 Å². The van der Waals surface area contributed by atoms with Gasteiger partial charge in [-0.15, -0.1) is 0 Å². The van der Waals surface area contributed by atoms with Crippen molar-refractivity contribution in [2.24, 2.45) is 5.92 Å². The minimum atomic E-state index is -3.34. The normalized spacial score (nSPS) is 17.7. The molecule has 1 fully saturated rings. The molecule has 164 valence electrons. The van der Waals surface area contributed by atoms with E-state index in [2.05, 4.69) is 11.1 Å². The fourth-order valence-electron chi connectivity index (χ4n) is 3.89. The second-order valence-corrected chi connectivity index (χ2v) is 11.0. The van der Waals surface area contributed by atoms with Crippen molar-refractivity contribution < 1.29 is 13.2 Å². The highest BCUT2D eigenvalue weighted by molar-refractivity contribution is 7.88. The van der Waals surface area contributed by atoms with Crippen LogP contribution in [0.4, 0.5) is 5.13 Å². The lowest BCUT2D eigenvalue weighted by atomic mass is 9.98. The van der Waals surface area contributed by atoms with Gasteiger partial charge in [-0.3, -0.25) is 14.7 Å². The molecule has 1 aliphatic rings. The number of benzene rings is 1. The van der Waals surface area contributed by atoms with E-state index in [4.69, 9.17) is 4.98 Å². The van der Waals surface area contributed by atoms with Gasteiger partial charge in [0.25, 0.3) is 0 Å². The van der Waals surface area contributed by atoms with Gasteiger partial charge in [0.05, 0.1) is 34.6 Å². The minimum absolute atomic E-state index is 0.104. The Morgan fingerprint density at radius 1 is 1.26 bits per heavy atom. The van der Waals surface area contributed by atoms with Crippen molar-refractivity contribution in [3.63, 3.8) is 0 Å². The van der Waals surface area contributed by atoms with E-state index in [0.717, 1.165) is 27.0 Å². The number of aryl methyl sites for hydroxylation is 2. The number of piperidine rings is 1. The maximum absolute atomic E-state index is 13.6. The first-order valence-electron chi connectivity index (χ1n) is 10.3. The lowest BCUT2D eigenvalue weighted by molar-refractivity contribution is -0.123. The smallest absolute Gasteiger partial charge is 0.233 e. The molecule has 0 saturated carbocycles. The molecule has 3 aromatic rings. The summed E-state index contributed by atoms with van der Waals surface area (Å²) in [4.78, 5) is 24.5. The number of aromatic nitrogens is 2. The summed E-state index contributed by atoms with van der Waals surface area (Å²) in [6, 6.07) is 9.71. The molecule has 1 aliphatic heterocycles. The predicted molar refractivity (Wildman–Crippen MR) is 124 cm³/mol. The Labute approximate surface area is 186 Å². The van der Waals surface area contributed by atoms with E-state index in [9.17, 15) is 13.2 Å². The number of carbonyl (C=O) groups is 1. The Bertz CT molecular complexity index is 1210. The molecule has 0 bridgehead atoms. The molecule has 2 aromatic heterocycles. The topological polar surface area (TPSA) is 83.5 Å². The van der Waals surface area contributed by atoms with Crippen LogP contribution in [-0.2, 0) is 21.4 Å². The van der Waals surface area contributed by atoms with Gasteiger partial charge in [-0.25, -0.2) is 17.7 Å². The van der Waals surface area contributed by atoms with Gasteiger partial charge in [0, 0.05) is 19.3 Å². The van der Waals surface area contributed by atoms with E-state index in [1.165, 1.54) is 21.9 Å². The van der Waals surface area contributed by atoms with E-state index in [1.54, 1.807) is 11.1 Å². The number of rotatable bonds is 5. The molecule has 4 rings (SSSR count). The number of carbonyl (C=O) groups excluding carboxylic acids is 1.